The zero-order valence-corrected chi connectivity index (χ0v) is 17.8. The highest BCUT2D eigenvalue weighted by Crippen LogP contribution is 2.23. The van der Waals surface area contributed by atoms with Gasteiger partial charge in [-0.1, -0.05) is 0 Å². The fourth-order valence-electron chi connectivity index (χ4n) is 3.85. The van der Waals surface area contributed by atoms with E-state index in [4.69, 9.17) is 4.74 Å². The Morgan fingerprint density at radius 2 is 1.68 bits per heavy atom. The number of hydrogen-bond donors (Lipinski definition) is 0. The highest BCUT2D eigenvalue weighted by atomic mass is 32.2. The molecule has 156 valence electrons. The molecule has 0 unspecified atom stereocenters. The van der Waals surface area contributed by atoms with Crippen LogP contribution in [0.25, 0.3) is 0 Å². The zero-order chi connectivity index (χ0) is 20.3. The van der Waals surface area contributed by atoms with Crippen molar-refractivity contribution < 1.29 is 17.9 Å². The molecule has 2 aliphatic rings. The van der Waals surface area contributed by atoms with E-state index in [-0.39, 0.29) is 12.0 Å². The smallest absolute Gasteiger partial charge is 0.281 e. The molecule has 2 aliphatic heterocycles. The Labute approximate surface area is 168 Å². The van der Waals surface area contributed by atoms with Crippen LogP contribution in [-0.4, -0.2) is 73.7 Å². The first-order chi connectivity index (χ1) is 13.3. The molecule has 1 amide bonds. The van der Waals surface area contributed by atoms with Crippen LogP contribution in [0.2, 0.25) is 0 Å². The number of carbonyl (C=O) groups excluding carboxylic acids is 1. The average molecular weight is 410 g/mol. The summed E-state index contributed by atoms with van der Waals surface area (Å²) in [5, 5.41) is 0. The van der Waals surface area contributed by atoms with E-state index in [0.29, 0.717) is 37.5 Å². The van der Waals surface area contributed by atoms with Crippen molar-refractivity contribution in [2.45, 2.75) is 51.2 Å². The standard InChI is InChI=1S/C20H31N3O4S/c1-16-6-4-5-13-23(16)20(24)17-7-9-18(10-8-17)27-19-11-14-22(15-12-19)28(25,26)21(2)3/h7-10,16,19H,4-6,11-15H2,1-3H3/t16-/m0/s1. The molecular formula is C20H31N3O4S. The summed E-state index contributed by atoms with van der Waals surface area (Å²) in [4.78, 5) is 14.7. The van der Waals surface area contributed by atoms with Gasteiger partial charge in [0.1, 0.15) is 11.9 Å². The van der Waals surface area contributed by atoms with Gasteiger partial charge in [-0.3, -0.25) is 4.79 Å². The van der Waals surface area contributed by atoms with Crippen molar-refractivity contribution >= 4 is 16.1 Å². The minimum absolute atomic E-state index is 0.0164. The van der Waals surface area contributed by atoms with Gasteiger partial charge in [0.15, 0.2) is 0 Å². The first kappa shape index (κ1) is 21.1. The van der Waals surface area contributed by atoms with Crippen LogP contribution in [0.4, 0.5) is 0 Å². The molecule has 0 N–H and O–H groups in total. The second-order valence-corrected chi connectivity index (χ2v) is 10.0. The Balaban J connectivity index is 1.55. The van der Waals surface area contributed by atoms with E-state index in [0.717, 1.165) is 25.1 Å². The van der Waals surface area contributed by atoms with Crippen LogP contribution in [-0.2, 0) is 10.2 Å². The van der Waals surface area contributed by atoms with Crippen molar-refractivity contribution in [3.05, 3.63) is 29.8 Å². The molecule has 2 heterocycles. The highest BCUT2D eigenvalue weighted by molar-refractivity contribution is 7.86. The quantitative estimate of drug-likeness (QED) is 0.749. The molecule has 0 bridgehead atoms. The maximum absolute atomic E-state index is 12.7. The maximum atomic E-state index is 12.7. The molecule has 0 radical (unpaired) electrons. The molecular weight excluding hydrogens is 378 g/mol. The Morgan fingerprint density at radius 1 is 1.04 bits per heavy atom. The van der Waals surface area contributed by atoms with Gasteiger partial charge in [-0.25, -0.2) is 0 Å². The molecule has 1 atom stereocenters. The monoisotopic (exact) mass is 409 g/mol. The van der Waals surface area contributed by atoms with E-state index in [2.05, 4.69) is 6.92 Å². The second kappa shape index (κ2) is 8.80. The summed E-state index contributed by atoms with van der Waals surface area (Å²) in [5.74, 6) is 0.804. The Kier molecular flexibility index (Phi) is 6.62. The SMILES string of the molecule is C[C@H]1CCCCN1C(=O)c1ccc(OC2CCN(S(=O)(=O)N(C)C)CC2)cc1. The van der Waals surface area contributed by atoms with E-state index in [1.807, 2.05) is 29.2 Å². The van der Waals surface area contributed by atoms with Gasteiger partial charge in [0, 0.05) is 45.3 Å². The number of benzene rings is 1. The van der Waals surface area contributed by atoms with Gasteiger partial charge >= 0.3 is 0 Å². The summed E-state index contributed by atoms with van der Waals surface area (Å²) >= 11 is 0. The fourth-order valence-corrected chi connectivity index (χ4v) is 4.98. The van der Waals surface area contributed by atoms with Crippen molar-refractivity contribution in [2.24, 2.45) is 0 Å². The predicted molar refractivity (Wildman–Crippen MR) is 109 cm³/mol. The van der Waals surface area contributed by atoms with E-state index < -0.39 is 10.2 Å². The lowest BCUT2D eigenvalue weighted by Gasteiger charge is -2.33. The van der Waals surface area contributed by atoms with Crippen LogP contribution in [0.3, 0.4) is 0 Å². The summed E-state index contributed by atoms with van der Waals surface area (Å²) in [6.07, 6.45) is 4.61. The van der Waals surface area contributed by atoms with Crippen LogP contribution in [0.1, 0.15) is 49.4 Å². The van der Waals surface area contributed by atoms with Crippen LogP contribution in [0.15, 0.2) is 24.3 Å². The van der Waals surface area contributed by atoms with E-state index in [1.54, 1.807) is 14.1 Å². The summed E-state index contributed by atoms with van der Waals surface area (Å²) < 4.78 is 33.1. The van der Waals surface area contributed by atoms with Gasteiger partial charge in [-0.2, -0.15) is 17.0 Å². The lowest BCUT2D eigenvalue weighted by molar-refractivity contribution is 0.0635. The molecule has 28 heavy (non-hydrogen) atoms. The third kappa shape index (κ3) is 4.67. The Morgan fingerprint density at radius 3 is 2.25 bits per heavy atom. The molecule has 0 spiro atoms. The Bertz CT molecular complexity index is 771. The van der Waals surface area contributed by atoms with Gasteiger partial charge in [-0.15, -0.1) is 0 Å². The van der Waals surface area contributed by atoms with Crippen molar-refractivity contribution in [3.63, 3.8) is 0 Å². The summed E-state index contributed by atoms with van der Waals surface area (Å²) in [7, 11) is -0.264. The zero-order valence-electron chi connectivity index (χ0n) is 17.0. The first-order valence-electron chi connectivity index (χ1n) is 10.0. The number of piperidine rings is 2. The van der Waals surface area contributed by atoms with Crippen molar-refractivity contribution in [1.82, 2.24) is 13.5 Å². The fraction of sp³-hybridized carbons (Fsp3) is 0.650. The lowest BCUT2D eigenvalue weighted by Crippen LogP contribution is -2.46. The predicted octanol–water partition coefficient (Wildman–Crippen LogP) is 2.35. The lowest BCUT2D eigenvalue weighted by atomic mass is 10.0. The summed E-state index contributed by atoms with van der Waals surface area (Å²) in [5.41, 5.74) is 0.688. The number of ether oxygens (including phenoxy) is 1. The van der Waals surface area contributed by atoms with Gasteiger partial charge in [0.2, 0.25) is 0 Å². The van der Waals surface area contributed by atoms with Gasteiger partial charge in [-0.05, 0) is 63.3 Å². The topological polar surface area (TPSA) is 70.2 Å². The van der Waals surface area contributed by atoms with Crippen LogP contribution in [0, 0.1) is 0 Å². The summed E-state index contributed by atoms with van der Waals surface area (Å²) in [6.45, 7) is 3.84. The molecule has 2 saturated heterocycles. The van der Waals surface area contributed by atoms with Gasteiger partial charge in [0.05, 0.1) is 0 Å². The Hall–Kier alpha value is -1.64. The second-order valence-electron chi connectivity index (χ2n) is 7.87. The molecule has 2 fully saturated rings. The number of carbonyl (C=O) groups is 1. The molecule has 7 nitrogen and oxygen atoms in total. The number of likely N-dealkylation sites (tertiary alicyclic amines) is 1. The number of rotatable bonds is 5. The largest absolute Gasteiger partial charge is 0.490 e. The van der Waals surface area contributed by atoms with Crippen molar-refractivity contribution in [3.8, 4) is 5.75 Å². The molecule has 0 aliphatic carbocycles. The third-order valence-electron chi connectivity index (χ3n) is 5.66. The first-order valence-corrected chi connectivity index (χ1v) is 11.4. The normalized spacial score (nSPS) is 22.4. The van der Waals surface area contributed by atoms with Crippen LogP contribution in [0.5, 0.6) is 5.75 Å². The number of hydrogen-bond acceptors (Lipinski definition) is 4. The van der Waals surface area contributed by atoms with Crippen LogP contribution < -0.4 is 4.74 Å². The summed E-state index contributed by atoms with van der Waals surface area (Å²) in [6, 6.07) is 7.62. The minimum atomic E-state index is -3.36. The number of nitrogens with zero attached hydrogens (tertiary/aromatic N) is 3. The van der Waals surface area contributed by atoms with Crippen molar-refractivity contribution in [2.75, 3.05) is 33.7 Å². The maximum Gasteiger partial charge on any atom is 0.281 e. The molecule has 0 saturated carbocycles. The molecule has 0 aromatic heterocycles. The third-order valence-corrected chi connectivity index (χ3v) is 7.60. The number of amides is 1. The van der Waals surface area contributed by atoms with E-state index in [9.17, 15) is 13.2 Å². The molecule has 8 heteroatoms. The average Bonchev–Trinajstić information content (AvgIpc) is 2.69. The molecule has 3 rings (SSSR count). The van der Waals surface area contributed by atoms with Crippen molar-refractivity contribution in [1.29, 1.82) is 0 Å². The van der Waals surface area contributed by atoms with E-state index in [1.165, 1.54) is 15.0 Å². The van der Waals surface area contributed by atoms with Crippen LogP contribution >= 0.6 is 0 Å². The van der Waals surface area contributed by atoms with Gasteiger partial charge < -0.3 is 9.64 Å². The molecule has 1 aromatic rings. The minimum Gasteiger partial charge on any atom is -0.490 e. The molecule has 1 aromatic carbocycles. The van der Waals surface area contributed by atoms with Gasteiger partial charge in [0.25, 0.3) is 16.1 Å². The van der Waals surface area contributed by atoms with E-state index >= 15 is 0 Å². The highest BCUT2D eigenvalue weighted by Gasteiger charge is 2.30.